The fraction of sp³-hybridized carbons (Fsp3) is 0.353. The molecule has 0 aliphatic heterocycles. The lowest BCUT2D eigenvalue weighted by molar-refractivity contribution is 0.0930. The van der Waals surface area contributed by atoms with Crippen molar-refractivity contribution in [2.45, 2.75) is 33.4 Å². The highest BCUT2D eigenvalue weighted by Crippen LogP contribution is 2.24. The summed E-state index contributed by atoms with van der Waals surface area (Å²) in [6.45, 7) is 6.58. The molecule has 0 bridgehead atoms. The molecule has 24 heavy (non-hydrogen) atoms. The van der Waals surface area contributed by atoms with Crippen LogP contribution >= 0.6 is 11.3 Å². The average molecular weight is 343 g/mol. The molecule has 3 aromatic rings. The van der Waals surface area contributed by atoms with Crippen LogP contribution in [-0.2, 0) is 13.6 Å². The summed E-state index contributed by atoms with van der Waals surface area (Å²) >= 11 is 1.63. The fourth-order valence-electron chi connectivity index (χ4n) is 2.70. The number of amides is 1. The van der Waals surface area contributed by atoms with E-state index in [0.29, 0.717) is 12.2 Å². The largest absolute Gasteiger partial charge is 0.346 e. The van der Waals surface area contributed by atoms with Gasteiger partial charge in [-0.15, -0.1) is 11.3 Å². The molecule has 1 unspecified atom stereocenters. The number of aryl methyl sites for hydroxylation is 3. The molecule has 0 aliphatic carbocycles. The number of thiophene rings is 1. The minimum atomic E-state index is -0.164. The number of carbonyl (C=O) groups is 1. The van der Waals surface area contributed by atoms with Crippen molar-refractivity contribution in [3.63, 3.8) is 0 Å². The fourth-order valence-corrected chi connectivity index (χ4v) is 3.47. The number of hydrogen-bond acceptors (Lipinski definition) is 4. The van der Waals surface area contributed by atoms with Gasteiger partial charge in [-0.25, -0.2) is 0 Å². The Balaban J connectivity index is 1.69. The summed E-state index contributed by atoms with van der Waals surface area (Å²) in [4.78, 5) is 13.6. The van der Waals surface area contributed by atoms with E-state index in [0.717, 1.165) is 22.0 Å². The van der Waals surface area contributed by atoms with Crippen LogP contribution in [-0.4, -0.2) is 31.5 Å². The molecule has 0 radical (unpaired) electrons. The first-order chi connectivity index (χ1) is 11.4. The van der Waals surface area contributed by atoms with Gasteiger partial charge in [0.1, 0.15) is 0 Å². The van der Waals surface area contributed by atoms with Crippen LogP contribution < -0.4 is 5.32 Å². The normalized spacial score (nSPS) is 12.3. The molecular weight excluding hydrogens is 322 g/mol. The molecule has 0 saturated heterocycles. The van der Waals surface area contributed by atoms with Crippen molar-refractivity contribution in [2.24, 2.45) is 7.05 Å². The summed E-state index contributed by atoms with van der Waals surface area (Å²) in [7, 11) is 1.85. The maximum Gasteiger partial charge on any atom is 0.272 e. The lowest BCUT2D eigenvalue weighted by Gasteiger charge is -2.14. The molecule has 6 nitrogen and oxygen atoms in total. The Labute approximate surface area is 145 Å². The van der Waals surface area contributed by atoms with E-state index in [1.807, 2.05) is 62.1 Å². The van der Waals surface area contributed by atoms with E-state index < -0.39 is 0 Å². The minimum Gasteiger partial charge on any atom is -0.346 e. The van der Waals surface area contributed by atoms with Crippen molar-refractivity contribution in [1.82, 2.24) is 24.9 Å². The molecule has 3 aromatic heterocycles. The van der Waals surface area contributed by atoms with E-state index in [-0.39, 0.29) is 11.9 Å². The Bertz CT molecular complexity index is 847. The van der Waals surface area contributed by atoms with Gasteiger partial charge >= 0.3 is 0 Å². The van der Waals surface area contributed by atoms with Gasteiger partial charge in [-0.05, 0) is 44.4 Å². The number of nitrogens with one attached hydrogen (secondary N) is 1. The molecule has 7 heteroatoms. The van der Waals surface area contributed by atoms with Crippen LogP contribution in [0.3, 0.4) is 0 Å². The van der Waals surface area contributed by atoms with Crippen LogP contribution in [0.4, 0.5) is 0 Å². The number of nitrogens with zero attached hydrogens (tertiary/aromatic N) is 4. The first-order valence-electron chi connectivity index (χ1n) is 7.84. The minimum absolute atomic E-state index is 0.0392. The highest BCUT2D eigenvalue weighted by molar-refractivity contribution is 7.13. The number of hydrogen-bond donors (Lipinski definition) is 1. The van der Waals surface area contributed by atoms with Crippen molar-refractivity contribution in [3.8, 4) is 10.6 Å². The third kappa shape index (κ3) is 3.41. The molecule has 126 valence electrons. The SMILES string of the molecule is Cc1cc(C)n(CC(C)NC(=O)c2cc(-c3cccs3)n(C)n2)n1. The van der Waals surface area contributed by atoms with Gasteiger partial charge in [-0.2, -0.15) is 10.2 Å². The van der Waals surface area contributed by atoms with Crippen LogP contribution in [0.5, 0.6) is 0 Å². The van der Waals surface area contributed by atoms with Crippen LogP contribution in [0.25, 0.3) is 10.6 Å². The number of carbonyl (C=O) groups excluding carboxylic acids is 1. The average Bonchev–Trinajstić information content (AvgIpc) is 3.20. The third-order valence-corrected chi connectivity index (χ3v) is 4.71. The second-order valence-electron chi connectivity index (χ2n) is 6.00. The van der Waals surface area contributed by atoms with Gasteiger partial charge in [-0.1, -0.05) is 6.07 Å². The third-order valence-electron chi connectivity index (χ3n) is 3.81. The first-order valence-corrected chi connectivity index (χ1v) is 8.72. The summed E-state index contributed by atoms with van der Waals surface area (Å²) in [5, 5.41) is 13.8. The Morgan fingerprint density at radius 3 is 2.75 bits per heavy atom. The van der Waals surface area contributed by atoms with Gasteiger partial charge in [0.2, 0.25) is 0 Å². The molecule has 0 aliphatic rings. The highest BCUT2D eigenvalue weighted by Gasteiger charge is 2.17. The summed E-state index contributed by atoms with van der Waals surface area (Å²) in [5.74, 6) is -0.164. The highest BCUT2D eigenvalue weighted by atomic mass is 32.1. The molecular formula is C17H21N5OS. The number of aromatic nitrogens is 4. The van der Waals surface area contributed by atoms with Crippen molar-refractivity contribution in [2.75, 3.05) is 0 Å². The zero-order valence-electron chi connectivity index (χ0n) is 14.3. The van der Waals surface area contributed by atoms with Crippen LogP contribution in [0.2, 0.25) is 0 Å². The van der Waals surface area contributed by atoms with E-state index >= 15 is 0 Å². The quantitative estimate of drug-likeness (QED) is 0.775. The topological polar surface area (TPSA) is 64.7 Å². The molecule has 3 heterocycles. The second-order valence-corrected chi connectivity index (χ2v) is 6.95. The van der Waals surface area contributed by atoms with E-state index in [1.54, 1.807) is 16.0 Å². The summed E-state index contributed by atoms with van der Waals surface area (Å²) in [6.07, 6.45) is 0. The molecule has 0 saturated carbocycles. The van der Waals surface area contributed by atoms with Gasteiger partial charge < -0.3 is 5.32 Å². The van der Waals surface area contributed by atoms with Crippen molar-refractivity contribution in [1.29, 1.82) is 0 Å². The van der Waals surface area contributed by atoms with Crippen molar-refractivity contribution >= 4 is 17.2 Å². The lowest BCUT2D eigenvalue weighted by atomic mass is 10.2. The van der Waals surface area contributed by atoms with E-state index in [2.05, 4.69) is 15.5 Å². The Morgan fingerprint density at radius 1 is 1.33 bits per heavy atom. The van der Waals surface area contributed by atoms with Crippen LogP contribution in [0.15, 0.2) is 29.6 Å². The van der Waals surface area contributed by atoms with E-state index in [1.165, 1.54) is 0 Å². The Morgan fingerprint density at radius 2 is 2.12 bits per heavy atom. The smallest absolute Gasteiger partial charge is 0.272 e. The molecule has 0 fully saturated rings. The molecule has 0 spiro atoms. The standard InChI is InChI=1S/C17H21N5OS/c1-11-8-13(3)22(19-11)10-12(2)18-17(23)14-9-15(21(4)20-14)16-6-5-7-24-16/h5-9,12H,10H2,1-4H3,(H,18,23). The second kappa shape index (κ2) is 6.60. The van der Waals surface area contributed by atoms with Crippen molar-refractivity contribution < 1.29 is 4.79 Å². The Kier molecular flexibility index (Phi) is 4.53. The monoisotopic (exact) mass is 343 g/mol. The van der Waals surface area contributed by atoms with E-state index in [4.69, 9.17) is 0 Å². The summed E-state index contributed by atoms with van der Waals surface area (Å²) < 4.78 is 3.65. The predicted molar refractivity (Wildman–Crippen MR) is 95.2 cm³/mol. The zero-order valence-corrected chi connectivity index (χ0v) is 15.1. The maximum atomic E-state index is 12.5. The van der Waals surface area contributed by atoms with Gasteiger partial charge in [0.15, 0.2) is 5.69 Å². The molecule has 1 atom stereocenters. The van der Waals surface area contributed by atoms with Crippen LogP contribution in [0, 0.1) is 13.8 Å². The lowest BCUT2D eigenvalue weighted by Crippen LogP contribution is -2.36. The molecule has 3 rings (SSSR count). The maximum absolute atomic E-state index is 12.5. The van der Waals surface area contributed by atoms with E-state index in [9.17, 15) is 4.79 Å². The van der Waals surface area contributed by atoms with Crippen molar-refractivity contribution in [3.05, 3.63) is 46.7 Å². The van der Waals surface area contributed by atoms with Gasteiger partial charge in [0, 0.05) is 18.8 Å². The number of rotatable bonds is 5. The summed E-state index contributed by atoms with van der Waals surface area (Å²) in [6, 6.07) is 7.83. The zero-order chi connectivity index (χ0) is 17.3. The van der Waals surface area contributed by atoms with Gasteiger partial charge in [0.25, 0.3) is 5.91 Å². The summed E-state index contributed by atoms with van der Waals surface area (Å²) in [5.41, 5.74) is 3.45. The molecule has 1 amide bonds. The first kappa shape index (κ1) is 16.4. The molecule has 0 aromatic carbocycles. The predicted octanol–water partition coefficient (Wildman–Crippen LogP) is 2.78. The van der Waals surface area contributed by atoms with Crippen LogP contribution in [0.1, 0.15) is 28.8 Å². The van der Waals surface area contributed by atoms with Gasteiger partial charge in [0.05, 0.1) is 22.8 Å². The van der Waals surface area contributed by atoms with Gasteiger partial charge in [-0.3, -0.25) is 14.2 Å². The Hall–Kier alpha value is -2.41. The molecule has 1 N–H and O–H groups in total.